The molecule has 1 aliphatic carbocycles. The Morgan fingerprint density at radius 1 is 1.40 bits per heavy atom. The molecule has 0 saturated carbocycles. The Morgan fingerprint density at radius 3 is 2.65 bits per heavy atom. The highest BCUT2D eigenvalue weighted by Gasteiger charge is 2.33. The van der Waals surface area contributed by atoms with Crippen molar-refractivity contribution in [3.63, 3.8) is 0 Å². The molecular weight excluding hydrogens is 250 g/mol. The van der Waals surface area contributed by atoms with E-state index in [2.05, 4.69) is 0 Å². The largest absolute Gasteiger partial charge is 0.508 e. The van der Waals surface area contributed by atoms with Gasteiger partial charge in [0.25, 0.3) is 0 Å². The van der Waals surface area contributed by atoms with Gasteiger partial charge in [-0.3, -0.25) is 4.79 Å². The number of ketones is 1. The molecule has 20 heavy (non-hydrogen) atoms. The average molecular weight is 267 g/mol. The summed E-state index contributed by atoms with van der Waals surface area (Å²) in [6, 6.07) is 8.89. The number of hydrogen-bond donors (Lipinski definition) is 1. The molecule has 0 heterocycles. The van der Waals surface area contributed by atoms with E-state index in [1.807, 2.05) is 44.2 Å². The van der Waals surface area contributed by atoms with Crippen LogP contribution in [0.15, 0.2) is 42.0 Å². The van der Waals surface area contributed by atoms with Crippen LogP contribution < -0.4 is 0 Å². The van der Waals surface area contributed by atoms with Crippen LogP contribution in [0.1, 0.15) is 25.8 Å². The van der Waals surface area contributed by atoms with Gasteiger partial charge < -0.3 is 5.11 Å². The molecule has 3 heteroatoms. The van der Waals surface area contributed by atoms with E-state index >= 15 is 0 Å². The van der Waals surface area contributed by atoms with E-state index in [4.69, 9.17) is 5.26 Å². The highest BCUT2D eigenvalue weighted by atomic mass is 16.3. The molecule has 1 aromatic carbocycles. The van der Waals surface area contributed by atoms with Crippen LogP contribution in [0.3, 0.4) is 0 Å². The minimum atomic E-state index is -0.295. The van der Waals surface area contributed by atoms with E-state index in [-0.39, 0.29) is 28.4 Å². The second-order valence-electron chi connectivity index (χ2n) is 5.57. The van der Waals surface area contributed by atoms with Gasteiger partial charge in [0.2, 0.25) is 0 Å². The molecule has 1 unspecified atom stereocenters. The molecule has 0 spiro atoms. The van der Waals surface area contributed by atoms with E-state index < -0.39 is 0 Å². The van der Waals surface area contributed by atoms with Crippen LogP contribution in [0.4, 0.5) is 0 Å². The fourth-order valence-electron chi connectivity index (χ4n) is 2.55. The van der Waals surface area contributed by atoms with E-state index in [1.54, 1.807) is 18.2 Å². The van der Waals surface area contributed by atoms with Gasteiger partial charge >= 0.3 is 0 Å². The maximum absolute atomic E-state index is 11.8. The normalized spacial score (nSPS) is 26.4. The topological polar surface area (TPSA) is 61.1 Å². The van der Waals surface area contributed by atoms with Crippen molar-refractivity contribution in [2.75, 3.05) is 0 Å². The number of phenols is 1. The Balaban J connectivity index is 2.27. The smallest absolute Gasteiger partial charge is 0.175 e. The summed E-state index contributed by atoms with van der Waals surface area (Å²) < 4.78 is 0. The summed E-state index contributed by atoms with van der Waals surface area (Å²) in [6.45, 7) is 3.88. The Morgan fingerprint density at radius 2 is 2.05 bits per heavy atom. The van der Waals surface area contributed by atoms with Crippen molar-refractivity contribution in [2.24, 2.45) is 11.3 Å². The van der Waals surface area contributed by atoms with Crippen molar-refractivity contribution in [3.8, 4) is 11.8 Å². The Labute approximate surface area is 118 Å². The number of allylic oxidation sites excluding steroid dienone is 3. The summed E-state index contributed by atoms with van der Waals surface area (Å²) in [7, 11) is 0. The van der Waals surface area contributed by atoms with Gasteiger partial charge in [-0.1, -0.05) is 44.2 Å². The number of nitrogens with zero attached hydrogens (tertiary/aromatic N) is 1. The summed E-state index contributed by atoms with van der Waals surface area (Å²) >= 11 is 0. The number of Topliss-reactive ketones (excluding diaryl/α,β-unsaturated/α-hetero) is 1. The van der Waals surface area contributed by atoms with Crippen molar-refractivity contribution in [2.45, 2.75) is 20.3 Å². The maximum atomic E-state index is 11.8. The van der Waals surface area contributed by atoms with Crippen LogP contribution in [-0.4, -0.2) is 10.9 Å². The first-order valence-corrected chi connectivity index (χ1v) is 6.59. The number of aromatic hydroxyl groups is 1. The molecule has 2 rings (SSSR count). The molecule has 0 fully saturated rings. The molecule has 1 aliphatic rings. The van der Waals surface area contributed by atoms with Crippen LogP contribution in [0.5, 0.6) is 5.75 Å². The fourth-order valence-corrected chi connectivity index (χ4v) is 2.55. The summed E-state index contributed by atoms with van der Waals surface area (Å²) in [4.78, 5) is 11.8. The molecule has 3 nitrogen and oxygen atoms in total. The van der Waals surface area contributed by atoms with Crippen molar-refractivity contribution >= 4 is 11.9 Å². The van der Waals surface area contributed by atoms with Gasteiger partial charge in [-0.15, -0.1) is 0 Å². The lowest BCUT2D eigenvalue weighted by atomic mass is 9.72. The minimum absolute atomic E-state index is 0.0667. The molecule has 1 N–H and O–H groups in total. The molecule has 1 aromatic rings. The first-order chi connectivity index (χ1) is 9.43. The van der Waals surface area contributed by atoms with E-state index in [9.17, 15) is 9.90 Å². The Bertz CT molecular complexity index is 619. The lowest BCUT2D eigenvalue weighted by Gasteiger charge is -2.30. The number of nitriles is 1. The highest BCUT2D eigenvalue weighted by molar-refractivity contribution is 6.01. The number of carbonyl (C=O) groups is 1. The molecule has 2 atom stereocenters. The van der Waals surface area contributed by atoms with Crippen molar-refractivity contribution in [1.82, 2.24) is 0 Å². The molecule has 0 saturated heterocycles. The second-order valence-corrected chi connectivity index (χ2v) is 5.57. The zero-order chi connectivity index (χ0) is 14.8. The zero-order valence-corrected chi connectivity index (χ0v) is 11.6. The van der Waals surface area contributed by atoms with Crippen LogP contribution in [0.2, 0.25) is 0 Å². The lowest BCUT2D eigenvalue weighted by molar-refractivity contribution is -0.119. The van der Waals surface area contributed by atoms with Gasteiger partial charge in [0, 0.05) is 11.3 Å². The molecule has 0 aliphatic heterocycles. The minimum Gasteiger partial charge on any atom is -0.508 e. The number of rotatable bonds is 2. The first kappa shape index (κ1) is 14.1. The third kappa shape index (κ3) is 2.97. The molecule has 0 bridgehead atoms. The van der Waals surface area contributed by atoms with Gasteiger partial charge in [-0.2, -0.15) is 5.26 Å². The number of carbonyl (C=O) groups excluding carboxylic acids is 1. The Hall–Kier alpha value is -2.34. The summed E-state index contributed by atoms with van der Waals surface area (Å²) in [5.74, 6) is 0.0315. The van der Waals surface area contributed by atoms with Crippen LogP contribution in [0, 0.1) is 22.7 Å². The number of phenolic OH excluding ortho intramolecular Hbond substituents is 1. The van der Waals surface area contributed by atoms with Crippen molar-refractivity contribution in [3.05, 3.63) is 47.6 Å². The van der Waals surface area contributed by atoms with Crippen molar-refractivity contribution < 1.29 is 9.90 Å². The molecule has 0 amide bonds. The number of benzene rings is 1. The zero-order valence-electron chi connectivity index (χ0n) is 11.6. The maximum Gasteiger partial charge on any atom is 0.175 e. The Kier molecular flexibility index (Phi) is 3.76. The van der Waals surface area contributed by atoms with E-state index in [0.717, 1.165) is 5.56 Å². The lowest BCUT2D eigenvalue weighted by Crippen LogP contribution is -2.27. The van der Waals surface area contributed by atoms with Gasteiger partial charge in [-0.25, -0.2) is 0 Å². The third-order valence-electron chi connectivity index (χ3n) is 3.60. The molecule has 102 valence electrons. The van der Waals surface area contributed by atoms with Crippen LogP contribution >= 0.6 is 0 Å². The molecule has 0 radical (unpaired) electrons. The van der Waals surface area contributed by atoms with Crippen LogP contribution in [-0.2, 0) is 4.79 Å². The van der Waals surface area contributed by atoms with E-state index in [0.29, 0.717) is 6.42 Å². The van der Waals surface area contributed by atoms with E-state index in [1.165, 1.54) is 0 Å². The first-order valence-electron chi connectivity index (χ1n) is 6.59. The summed E-state index contributed by atoms with van der Waals surface area (Å²) in [5.41, 5.74) is 0.929. The third-order valence-corrected chi connectivity index (χ3v) is 3.60. The predicted octanol–water partition coefficient (Wildman–Crippen LogP) is 3.47. The van der Waals surface area contributed by atoms with Crippen LogP contribution in [0.25, 0.3) is 6.08 Å². The molecule has 0 aromatic heterocycles. The number of hydrogen-bond acceptors (Lipinski definition) is 3. The SMILES string of the molecule is CC1C[C@@](C)(/C=C/c2ccc(O)cc2)C=C(C#N)C1=O. The summed E-state index contributed by atoms with van der Waals surface area (Å²) in [6.07, 6.45) is 6.42. The second kappa shape index (κ2) is 5.34. The van der Waals surface area contributed by atoms with Gasteiger partial charge in [-0.05, 0) is 24.1 Å². The standard InChI is InChI=1S/C17H17NO2/c1-12-9-17(2,10-14(11-18)16(12)20)8-7-13-3-5-15(19)6-4-13/h3-8,10,12,19H,9H2,1-2H3/b8-7+/t12?,17-/m1/s1. The average Bonchev–Trinajstić information content (AvgIpc) is 2.42. The predicted molar refractivity (Wildman–Crippen MR) is 77.7 cm³/mol. The fraction of sp³-hybridized carbons (Fsp3) is 0.294. The van der Waals surface area contributed by atoms with Gasteiger partial charge in [0.1, 0.15) is 11.8 Å². The summed E-state index contributed by atoms with van der Waals surface area (Å²) in [5, 5.41) is 18.3. The highest BCUT2D eigenvalue weighted by Crippen LogP contribution is 2.37. The van der Waals surface area contributed by atoms with Gasteiger partial charge in [0.15, 0.2) is 5.78 Å². The van der Waals surface area contributed by atoms with Gasteiger partial charge in [0.05, 0.1) is 5.57 Å². The monoisotopic (exact) mass is 267 g/mol. The molecular formula is C17H17NO2. The quantitative estimate of drug-likeness (QED) is 0.892. The van der Waals surface area contributed by atoms with Crippen molar-refractivity contribution in [1.29, 1.82) is 5.26 Å².